The number of esters is 1. The number of nitrogens with zero attached hydrogens (tertiary/aromatic N) is 2. The van der Waals surface area contributed by atoms with Crippen molar-refractivity contribution in [3.63, 3.8) is 0 Å². The van der Waals surface area contributed by atoms with Crippen LogP contribution in [0.3, 0.4) is 0 Å². The highest BCUT2D eigenvalue weighted by molar-refractivity contribution is 6.30. The van der Waals surface area contributed by atoms with Crippen LogP contribution in [0.2, 0.25) is 5.02 Å². The Bertz CT molecular complexity index is 617. The minimum atomic E-state index is -4.85. The molecule has 0 aliphatic carbocycles. The molecule has 1 fully saturated rings. The molecule has 1 aromatic rings. The largest absolute Gasteiger partial charge is 0.482 e. The van der Waals surface area contributed by atoms with E-state index in [1.165, 1.54) is 0 Å². The predicted molar refractivity (Wildman–Crippen MR) is 87.0 cm³/mol. The molecule has 10 heteroatoms. The number of rotatable bonds is 6. The molecular weight excluding hydrogens is 377 g/mol. The molecule has 0 N–H and O–H groups in total. The van der Waals surface area contributed by atoms with E-state index in [4.69, 9.17) is 21.1 Å². The number of halogens is 4. The summed E-state index contributed by atoms with van der Waals surface area (Å²) >= 11 is 5.74. The van der Waals surface area contributed by atoms with Gasteiger partial charge in [0.2, 0.25) is 0 Å². The molecule has 0 aromatic heterocycles. The molecule has 0 radical (unpaired) electrons. The van der Waals surface area contributed by atoms with Gasteiger partial charge in [0.1, 0.15) is 12.4 Å². The molecule has 6 nitrogen and oxygen atoms in total. The van der Waals surface area contributed by atoms with Crippen LogP contribution in [0.15, 0.2) is 24.3 Å². The van der Waals surface area contributed by atoms with Crippen LogP contribution in [-0.4, -0.2) is 73.8 Å². The van der Waals surface area contributed by atoms with E-state index in [1.54, 1.807) is 24.3 Å². The van der Waals surface area contributed by atoms with Crippen LogP contribution in [0.1, 0.15) is 0 Å². The average molecular weight is 395 g/mol. The summed E-state index contributed by atoms with van der Waals surface area (Å²) in [6.45, 7) is 0.783. The summed E-state index contributed by atoms with van der Waals surface area (Å²) < 4.78 is 47.3. The first kappa shape index (κ1) is 20.3. The maximum absolute atomic E-state index is 12.4. The molecule has 0 bridgehead atoms. The average Bonchev–Trinajstić information content (AvgIpc) is 2.60. The molecule has 144 valence electrons. The Kier molecular flexibility index (Phi) is 7.10. The fraction of sp³-hybridized carbons (Fsp3) is 0.500. The summed E-state index contributed by atoms with van der Waals surface area (Å²) in [6.07, 6.45) is -4.85. The molecule has 1 heterocycles. The second kappa shape index (κ2) is 9.09. The van der Waals surface area contributed by atoms with Gasteiger partial charge >= 0.3 is 18.1 Å². The maximum Gasteiger partial charge on any atom is 0.471 e. The van der Waals surface area contributed by atoms with Crippen LogP contribution < -0.4 is 4.74 Å². The second-order valence-corrected chi connectivity index (χ2v) is 6.03. The molecule has 2 rings (SSSR count). The fourth-order valence-corrected chi connectivity index (χ4v) is 2.48. The van der Waals surface area contributed by atoms with Crippen molar-refractivity contribution in [1.29, 1.82) is 0 Å². The zero-order valence-corrected chi connectivity index (χ0v) is 14.6. The highest BCUT2D eigenvalue weighted by Crippen LogP contribution is 2.19. The third-order valence-electron chi connectivity index (χ3n) is 3.74. The number of piperazine rings is 1. The Morgan fingerprint density at radius 2 is 1.69 bits per heavy atom. The molecular formula is C16H18ClF3N2O4. The number of carbonyl (C=O) groups excluding carboxylic acids is 2. The monoisotopic (exact) mass is 394 g/mol. The van der Waals surface area contributed by atoms with E-state index in [9.17, 15) is 22.8 Å². The van der Waals surface area contributed by atoms with Crippen LogP contribution in [0.4, 0.5) is 13.2 Å². The first-order valence-electron chi connectivity index (χ1n) is 7.88. The molecule has 1 aliphatic heterocycles. The van der Waals surface area contributed by atoms with Gasteiger partial charge in [0, 0.05) is 37.7 Å². The first-order chi connectivity index (χ1) is 12.3. The SMILES string of the molecule is O=C(COc1ccc(Cl)cc1)OCCN1CCN(C(=O)C(F)(F)F)CC1. The number of carbonyl (C=O) groups is 2. The fourth-order valence-electron chi connectivity index (χ4n) is 2.36. The van der Waals surface area contributed by atoms with Crippen molar-refractivity contribution in [3.05, 3.63) is 29.3 Å². The zero-order valence-electron chi connectivity index (χ0n) is 13.8. The van der Waals surface area contributed by atoms with Crippen molar-refractivity contribution in [3.8, 4) is 5.75 Å². The Morgan fingerprint density at radius 1 is 1.08 bits per heavy atom. The molecule has 0 atom stereocenters. The van der Waals surface area contributed by atoms with Crippen molar-refractivity contribution in [1.82, 2.24) is 9.80 Å². The van der Waals surface area contributed by atoms with E-state index < -0.39 is 18.1 Å². The van der Waals surface area contributed by atoms with Crippen molar-refractivity contribution in [2.24, 2.45) is 0 Å². The van der Waals surface area contributed by atoms with Crippen LogP contribution in [0, 0.1) is 0 Å². The van der Waals surface area contributed by atoms with Gasteiger partial charge in [-0.2, -0.15) is 13.2 Å². The second-order valence-electron chi connectivity index (χ2n) is 5.59. The Morgan fingerprint density at radius 3 is 2.27 bits per heavy atom. The number of benzene rings is 1. The molecule has 1 aliphatic rings. The van der Waals surface area contributed by atoms with Crippen LogP contribution in [-0.2, 0) is 14.3 Å². The maximum atomic E-state index is 12.4. The number of hydrogen-bond donors (Lipinski definition) is 0. The normalized spacial score (nSPS) is 15.6. The van der Waals surface area contributed by atoms with Gasteiger partial charge in [0.05, 0.1) is 0 Å². The number of hydrogen-bond acceptors (Lipinski definition) is 5. The van der Waals surface area contributed by atoms with E-state index in [1.807, 2.05) is 4.90 Å². The van der Waals surface area contributed by atoms with Gasteiger partial charge < -0.3 is 14.4 Å². The molecule has 1 aromatic carbocycles. The van der Waals surface area contributed by atoms with E-state index in [0.717, 1.165) is 4.90 Å². The molecule has 0 saturated carbocycles. The standard InChI is InChI=1S/C16H18ClF3N2O4/c17-12-1-3-13(4-2-12)26-11-14(23)25-10-9-21-5-7-22(8-6-21)15(24)16(18,19)20/h1-4H,5-11H2. The predicted octanol–water partition coefficient (Wildman–Crippen LogP) is 1.97. The van der Waals surface area contributed by atoms with Crippen LogP contribution >= 0.6 is 11.6 Å². The third kappa shape index (κ3) is 6.38. The van der Waals surface area contributed by atoms with E-state index >= 15 is 0 Å². The van der Waals surface area contributed by atoms with E-state index in [0.29, 0.717) is 30.4 Å². The van der Waals surface area contributed by atoms with E-state index in [2.05, 4.69) is 0 Å². The zero-order chi connectivity index (χ0) is 19.2. The lowest BCUT2D eigenvalue weighted by Crippen LogP contribution is -2.52. The molecule has 1 saturated heterocycles. The minimum Gasteiger partial charge on any atom is -0.482 e. The molecule has 26 heavy (non-hydrogen) atoms. The highest BCUT2D eigenvalue weighted by Gasteiger charge is 2.43. The quantitative estimate of drug-likeness (QED) is 0.690. The summed E-state index contributed by atoms with van der Waals surface area (Å²) in [4.78, 5) is 25.3. The smallest absolute Gasteiger partial charge is 0.471 e. The summed E-state index contributed by atoms with van der Waals surface area (Å²) in [5, 5.41) is 0.553. The summed E-state index contributed by atoms with van der Waals surface area (Å²) in [5.74, 6) is -1.88. The van der Waals surface area contributed by atoms with Gasteiger partial charge in [0.25, 0.3) is 0 Å². The van der Waals surface area contributed by atoms with Crippen LogP contribution in [0.25, 0.3) is 0 Å². The highest BCUT2D eigenvalue weighted by atomic mass is 35.5. The van der Waals surface area contributed by atoms with Gasteiger partial charge in [-0.1, -0.05) is 11.6 Å². The lowest BCUT2D eigenvalue weighted by molar-refractivity contribution is -0.187. The van der Waals surface area contributed by atoms with Crippen molar-refractivity contribution in [2.45, 2.75) is 6.18 Å². The van der Waals surface area contributed by atoms with E-state index in [-0.39, 0.29) is 26.3 Å². The Labute approximate surface area is 153 Å². The molecule has 0 unspecified atom stereocenters. The first-order valence-corrected chi connectivity index (χ1v) is 8.26. The van der Waals surface area contributed by atoms with Gasteiger partial charge in [-0.3, -0.25) is 9.69 Å². The Hall–Kier alpha value is -2.00. The summed E-state index contributed by atoms with van der Waals surface area (Å²) in [5.41, 5.74) is 0. The molecule has 1 amide bonds. The minimum absolute atomic E-state index is 0.00797. The number of alkyl halides is 3. The van der Waals surface area contributed by atoms with Gasteiger partial charge in [-0.05, 0) is 24.3 Å². The van der Waals surface area contributed by atoms with Crippen molar-refractivity contribution >= 4 is 23.5 Å². The summed E-state index contributed by atoms with van der Waals surface area (Å²) in [6, 6.07) is 6.51. The van der Waals surface area contributed by atoms with Gasteiger partial charge in [-0.15, -0.1) is 0 Å². The van der Waals surface area contributed by atoms with Crippen LogP contribution in [0.5, 0.6) is 5.75 Å². The van der Waals surface area contributed by atoms with Crippen molar-refractivity contribution in [2.75, 3.05) is 45.9 Å². The summed E-state index contributed by atoms with van der Waals surface area (Å²) in [7, 11) is 0. The van der Waals surface area contributed by atoms with Gasteiger partial charge in [0.15, 0.2) is 6.61 Å². The number of ether oxygens (including phenoxy) is 2. The Balaban J connectivity index is 1.61. The lowest BCUT2D eigenvalue weighted by Gasteiger charge is -2.34. The van der Waals surface area contributed by atoms with Gasteiger partial charge in [-0.25, -0.2) is 4.79 Å². The molecule has 0 spiro atoms. The third-order valence-corrected chi connectivity index (χ3v) is 3.99. The lowest BCUT2D eigenvalue weighted by atomic mass is 10.3. The topological polar surface area (TPSA) is 59.1 Å². The van der Waals surface area contributed by atoms with Crippen molar-refractivity contribution < 1.29 is 32.2 Å². The number of amides is 1.